The van der Waals surface area contributed by atoms with Gasteiger partial charge in [-0.05, 0) is 55.2 Å². The summed E-state index contributed by atoms with van der Waals surface area (Å²) in [6.45, 7) is 10.3. The number of carbonyl (C=O) groups is 2. The summed E-state index contributed by atoms with van der Waals surface area (Å²) in [5.74, 6) is 0.373. The number of hydrogen-bond donors (Lipinski definition) is 0. The number of ketones is 1. The Morgan fingerprint density at radius 1 is 1.10 bits per heavy atom. The van der Waals surface area contributed by atoms with Gasteiger partial charge in [0.25, 0.3) is 0 Å². The zero-order valence-corrected chi connectivity index (χ0v) is 18.2. The van der Waals surface area contributed by atoms with E-state index < -0.39 is 0 Å². The molecule has 4 heteroatoms. The molecule has 2 fully saturated rings. The molecular weight excluding hydrogens is 364 g/mol. The minimum atomic E-state index is -0.244. The molecule has 1 aromatic carbocycles. The van der Waals surface area contributed by atoms with Crippen LogP contribution in [0.5, 0.6) is 0 Å². The van der Waals surface area contributed by atoms with Crippen LogP contribution in [0.4, 0.5) is 0 Å². The standard InChI is InChI=1S/C25H32O4/c1-6-15-11-14(5)12-16(7-2)20(15)23-24(27)21-17-8-9-18(28-17)22(21)25(23)29-19(26)10-13(3)4/h11-13,17-18,21-22H,6-10H2,1-5H3/t17?,18?,21-,22+/m0/s1. The van der Waals surface area contributed by atoms with Crippen LogP contribution < -0.4 is 0 Å². The van der Waals surface area contributed by atoms with Gasteiger partial charge in [0.15, 0.2) is 5.78 Å². The summed E-state index contributed by atoms with van der Waals surface area (Å²) in [7, 11) is 0. The third-order valence-corrected chi connectivity index (χ3v) is 6.63. The molecule has 2 heterocycles. The van der Waals surface area contributed by atoms with Crippen molar-refractivity contribution in [1.29, 1.82) is 0 Å². The Hall–Kier alpha value is -1.94. The highest BCUT2D eigenvalue weighted by molar-refractivity contribution is 6.26. The molecule has 0 saturated carbocycles. The largest absolute Gasteiger partial charge is 0.430 e. The van der Waals surface area contributed by atoms with Crippen LogP contribution in [0.1, 0.15) is 69.2 Å². The monoisotopic (exact) mass is 396 g/mol. The molecule has 0 N–H and O–H groups in total. The number of hydrogen-bond acceptors (Lipinski definition) is 4. The van der Waals surface area contributed by atoms with E-state index in [1.54, 1.807) is 0 Å². The number of rotatable bonds is 6. The number of aryl methyl sites for hydroxylation is 3. The maximum absolute atomic E-state index is 13.7. The zero-order chi connectivity index (χ0) is 20.9. The van der Waals surface area contributed by atoms with E-state index in [9.17, 15) is 9.59 Å². The van der Waals surface area contributed by atoms with Crippen LogP contribution in [0.15, 0.2) is 17.9 Å². The number of benzene rings is 1. The van der Waals surface area contributed by atoms with Gasteiger partial charge in [-0.3, -0.25) is 9.59 Å². The molecule has 4 rings (SSSR count). The molecule has 156 valence electrons. The van der Waals surface area contributed by atoms with Crippen LogP contribution in [0.25, 0.3) is 5.57 Å². The van der Waals surface area contributed by atoms with Crippen LogP contribution in [-0.2, 0) is 31.9 Å². The van der Waals surface area contributed by atoms with E-state index in [2.05, 4.69) is 32.9 Å². The Morgan fingerprint density at radius 3 is 2.24 bits per heavy atom. The lowest BCUT2D eigenvalue weighted by molar-refractivity contribution is -0.141. The van der Waals surface area contributed by atoms with Crippen LogP contribution >= 0.6 is 0 Å². The van der Waals surface area contributed by atoms with E-state index in [4.69, 9.17) is 9.47 Å². The Balaban J connectivity index is 1.87. The second-order valence-electron chi connectivity index (χ2n) is 9.18. The van der Waals surface area contributed by atoms with Crippen LogP contribution in [0, 0.1) is 24.7 Å². The maximum Gasteiger partial charge on any atom is 0.311 e. The fourth-order valence-corrected chi connectivity index (χ4v) is 5.48. The van der Waals surface area contributed by atoms with Gasteiger partial charge < -0.3 is 9.47 Å². The summed E-state index contributed by atoms with van der Waals surface area (Å²) in [5, 5.41) is 0. The molecule has 1 aromatic rings. The van der Waals surface area contributed by atoms with Gasteiger partial charge in [0, 0.05) is 6.42 Å². The smallest absolute Gasteiger partial charge is 0.311 e. The van der Waals surface area contributed by atoms with Gasteiger partial charge in [0.1, 0.15) is 5.76 Å². The maximum atomic E-state index is 13.7. The van der Waals surface area contributed by atoms with E-state index in [0.29, 0.717) is 17.8 Å². The lowest BCUT2D eigenvalue weighted by Crippen LogP contribution is -2.30. The van der Waals surface area contributed by atoms with Crippen molar-refractivity contribution in [3.63, 3.8) is 0 Å². The first kappa shape index (κ1) is 20.3. The molecule has 3 aliphatic rings. The fraction of sp³-hybridized carbons (Fsp3) is 0.600. The van der Waals surface area contributed by atoms with Crippen molar-refractivity contribution >= 4 is 17.3 Å². The van der Waals surface area contributed by atoms with Crippen molar-refractivity contribution < 1.29 is 19.1 Å². The number of fused-ring (bicyclic) bond motifs is 5. The molecule has 1 aliphatic carbocycles. The van der Waals surface area contributed by atoms with E-state index in [-0.39, 0.29) is 41.7 Å². The molecule has 0 aromatic heterocycles. The summed E-state index contributed by atoms with van der Waals surface area (Å²) in [6, 6.07) is 4.34. The summed E-state index contributed by atoms with van der Waals surface area (Å²) in [5.41, 5.74) is 5.19. The van der Waals surface area contributed by atoms with Crippen LogP contribution in [0.3, 0.4) is 0 Å². The SMILES string of the molecule is CCc1cc(C)cc(CC)c1C1=C(OC(=O)CC(C)C)[C@@H]2C3CCC(O3)[C@@H]2C1=O. The Morgan fingerprint density at radius 2 is 1.69 bits per heavy atom. The average Bonchev–Trinajstić information content (AvgIpc) is 3.34. The number of ether oxygens (including phenoxy) is 2. The molecule has 0 spiro atoms. The summed E-state index contributed by atoms with van der Waals surface area (Å²) in [4.78, 5) is 26.3. The lowest BCUT2D eigenvalue weighted by Gasteiger charge is -2.22. The van der Waals surface area contributed by atoms with Crippen molar-refractivity contribution in [3.8, 4) is 0 Å². The highest BCUT2D eigenvalue weighted by Crippen LogP contribution is 2.55. The molecule has 2 saturated heterocycles. The first-order valence-corrected chi connectivity index (χ1v) is 11.1. The number of allylic oxidation sites excluding steroid dienone is 1. The van der Waals surface area contributed by atoms with E-state index in [1.807, 2.05) is 13.8 Å². The van der Waals surface area contributed by atoms with Crippen molar-refractivity contribution in [2.24, 2.45) is 17.8 Å². The third-order valence-electron chi connectivity index (χ3n) is 6.63. The fourth-order valence-electron chi connectivity index (χ4n) is 5.48. The molecule has 2 unspecified atom stereocenters. The van der Waals surface area contributed by atoms with Gasteiger partial charge in [-0.1, -0.05) is 45.4 Å². The normalized spacial score (nSPS) is 27.9. The Kier molecular flexibility index (Phi) is 5.41. The van der Waals surface area contributed by atoms with Crippen molar-refractivity contribution in [1.82, 2.24) is 0 Å². The average molecular weight is 397 g/mol. The predicted octanol–water partition coefficient (Wildman–Crippen LogP) is 4.80. The molecule has 2 aliphatic heterocycles. The van der Waals surface area contributed by atoms with Gasteiger partial charge in [0.05, 0.1) is 29.6 Å². The van der Waals surface area contributed by atoms with Gasteiger partial charge in [0.2, 0.25) is 0 Å². The first-order chi connectivity index (χ1) is 13.8. The lowest BCUT2D eigenvalue weighted by atomic mass is 9.80. The molecule has 0 radical (unpaired) electrons. The summed E-state index contributed by atoms with van der Waals surface area (Å²) in [6.07, 6.45) is 3.86. The molecule has 4 atom stereocenters. The Labute approximate surface area is 173 Å². The summed E-state index contributed by atoms with van der Waals surface area (Å²) >= 11 is 0. The highest BCUT2D eigenvalue weighted by atomic mass is 16.5. The van der Waals surface area contributed by atoms with E-state index in [1.165, 1.54) is 5.56 Å². The predicted molar refractivity (Wildman–Crippen MR) is 112 cm³/mol. The third kappa shape index (κ3) is 3.35. The second kappa shape index (κ2) is 7.71. The van der Waals surface area contributed by atoms with Crippen molar-refractivity contribution in [3.05, 3.63) is 40.1 Å². The topological polar surface area (TPSA) is 52.6 Å². The molecule has 0 amide bonds. The number of Topliss-reactive ketones (excluding diaryl/α,β-unsaturated/α-hetero) is 1. The van der Waals surface area contributed by atoms with Gasteiger partial charge in [-0.2, -0.15) is 0 Å². The van der Waals surface area contributed by atoms with Gasteiger partial charge in [-0.25, -0.2) is 0 Å². The molecular formula is C25H32O4. The summed E-state index contributed by atoms with van der Waals surface area (Å²) < 4.78 is 12.1. The first-order valence-electron chi connectivity index (χ1n) is 11.1. The van der Waals surface area contributed by atoms with E-state index >= 15 is 0 Å². The second-order valence-corrected chi connectivity index (χ2v) is 9.18. The zero-order valence-electron chi connectivity index (χ0n) is 18.2. The van der Waals surface area contributed by atoms with Crippen molar-refractivity contribution in [2.75, 3.05) is 0 Å². The van der Waals surface area contributed by atoms with Crippen LogP contribution in [-0.4, -0.2) is 24.0 Å². The van der Waals surface area contributed by atoms with E-state index in [0.717, 1.165) is 42.4 Å². The number of esters is 1. The van der Waals surface area contributed by atoms with Gasteiger partial charge >= 0.3 is 5.97 Å². The quantitative estimate of drug-likeness (QED) is 0.649. The molecule has 2 bridgehead atoms. The minimum Gasteiger partial charge on any atom is -0.430 e. The van der Waals surface area contributed by atoms with Gasteiger partial charge in [-0.15, -0.1) is 0 Å². The minimum absolute atomic E-state index is 0.00565. The Bertz CT molecular complexity index is 854. The number of carbonyl (C=O) groups excluding carboxylic acids is 2. The van der Waals surface area contributed by atoms with Crippen LogP contribution in [0.2, 0.25) is 0 Å². The molecule has 4 nitrogen and oxygen atoms in total. The molecule has 29 heavy (non-hydrogen) atoms. The highest BCUT2D eigenvalue weighted by Gasteiger charge is 2.60. The van der Waals surface area contributed by atoms with Crippen molar-refractivity contribution in [2.45, 2.75) is 78.9 Å².